The topological polar surface area (TPSA) is 67.1 Å². The number of halogens is 1. The van der Waals surface area contributed by atoms with E-state index in [1.54, 1.807) is 0 Å². The van der Waals surface area contributed by atoms with Crippen LogP contribution in [0.3, 0.4) is 0 Å². The van der Waals surface area contributed by atoms with Crippen LogP contribution in [-0.2, 0) is 13.0 Å². The van der Waals surface area contributed by atoms with E-state index in [-0.39, 0.29) is 6.04 Å². The highest BCUT2D eigenvalue weighted by Crippen LogP contribution is 2.37. The third-order valence-electron chi connectivity index (χ3n) is 5.79. The second-order valence-corrected chi connectivity index (χ2v) is 7.90. The maximum Gasteiger partial charge on any atom is 0.229 e. The number of nitrogens with zero attached hydrogens (tertiary/aromatic N) is 3. The summed E-state index contributed by atoms with van der Waals surface area (Å²) in [4.78, 5) is 11.9. The molecule has 3 aromatic rings. The van der Waals surface area contributed by atoms with Gasteiger partial charge in [-0.3, -0.25) is 0 Å². The van der Waals surface area contributed by atoms with Crippen LogP contribution in [0.15, 0.2) is 42.5 Å². The number of anilines is 3. The van der Waals surface area contributed by atoms with Crippen LogP contribution in [0.5, 0.6) is 0 Å². The Labute approximate surface area is 176 Å². The number of benzene rings is 2. The number of hydrogen-bond donors (Lipinski definition) is 2. The lowest BCUT2D eigenvalue weighted by atomic mass is 9.93. The summed E-state index contributed by atoms with van der Waals surface area (Å²) in [7, 11) is 0. The average Bonchev–Trinajstić information content (AvgIpc) is 2.72. The van der Waals surface area contributed by atoms with Crippen LogP contribution < -0.4 is 16.0 Å². The zero-order valence-corrected chi connectivity index (χ0v) is 17.8. The second kappa shape index (κ2) is 8.01. The smallest absolute Gasteiger partial charge is 0.229 e. The van der Waals surface area contributed by atoms with E-state index in [0.717, 1.165) is 46.3 Å². The monoisotopic (exact) mass is 407 g/mol. The molecule has 2 aromatic carbocycles. The summed E-state index contributed by atoms with van der Waals surface area (Å²) in [6.45, 7) is 7.65. The van der Waals surface area contributed by atoms with Gasteiger partial charge in [0, 0.05) is 35.1 Å². The van der Waals surface area contributed by atoms with E-state index in [0.29, 0.717) is 12.5 Å². The van der Waals surface area contributed by atoms with Crippen molar-refractivity contribution in [3.63, 3.8) is 0 Å². The number of aryl methyl sites for hydroxylation is 1. The lowest BCUT2D eigenvalue weighted by Crippen LogP contribution is -2.35. The fourth-order valence-electron chi connectivity index (χ4n) is 4.00. The van der Waals surface area contributed by atoms with Crippen LogP contribution in [0.25, 0.3) is 0 Å². The van der Waals surface area contributed by atoms with E-state index in [1.807, 2.05) is 43.3 Å². The van der Waals surface area contributed by atoms with Gasteiger partial charge in [-0.25, -0.2) is 4.98 Å². The van der Waals surface area contributed by atoms with Crippen molar-refractivity contribution in [2.45, 2.75) is 39.8 Å². The molecule has 1 aliphatic heterocycles. The van der Waals surface area contributed by atoms with E-state index >= 15 is 0 Å². The summed E-state index contributed by atoms with van der Waals surface area (Å²) >= 11 is 6.44. The van der Waals surface area contributed by atoms with E-state index in [2.05, 4.69) is 35.1 Å². The minimum absolute atomic E-state index is 0.189. The lowest BCUT2D eigenvalue weighted by molar-refractivity contribution is 0.614. The molecule has 1 aliphatic rings. The summed E-state index contributed by atoms with van der Waals surface area (Å²) in [6.07, 6.45) is 0.903. The molecule has 29 heavy (non-hydrogen) atoms. The third kappa shape index (κ3) is 3.68. The predicted molar refractivity (Wildman–Crippen MR) is 120 cm³/mol. The number of aromatic nitrogens is 2. The van der Waals surface area contributed by atoms with Crippen LogP contribution >= 0.6 is 11.6 Å². The molecule has 6 heteroatoms. The Morgan fingerprint density at radius 3 is 2.72 bits per heavy atom. The molecule has 4 rings (SSSR count). The van der Waals surface area contributed by atoms with Crippen molar-refractivity contribution < 1.29 is 0 Å². The van der Waals surface area contributed by atoms with Gasteiger partial charge in [0.05, 0.1) is 6.04 Å². The van der Waals surface area contributed by atoms with E-state index in [9.17, 15) is 0 Å². The third-order valence-corrected chi connectivity index (χ3v) is 6.15. The molecule has 0 fully saturated rings. The van der Waals surface area contributed by atoms with Crippen molar-refractivity contribution in [3.05, 3.63) is 75.4 Å². The van der Waals surface area contributed by atoms with Gasteiger partial charge in [-0.1, -0.05) is 41.9 Å². The highest BCUT2D eigenvalue weighted by atomic mass is 35.5. The molecule has 0 bridgehead atoms. The number of para-hydroxylation sites is 1. The quantitative estimate of drug-likeness (QED) is 0.631. The van der Waals surface area contributed by atoms with E-state index in [1.165, 1.54) is 11.1 Å². The molecule has 0 radical (unpaired) electrons. The van der Waals surface area contributed by atoms with Gasteiger partial charge < -0.3 is 16.0 Å². The minimum Gasteiger partial charge on any atom is -0.349 e. The van der Waals surface area contributed by atoms with Crippen molar-refractivity contribution in [1.29, 1.82) is 0 Å². The Morgan fingerprint density at radius 2 is 1.93 bits per heavy atom. The van der Waals surface area contributed by atoms with Crippen LogP contribution in [0, 0.1) is 13.8 Å². The molecule has 150 valence electrons. The average molecular weight is 408 g/mol. The highest BCUT2D eigenvalue weighted by Gasteiger charge is 2.28. The van der Waals surface area contributed by atoms with E-state index < -0.39 is 0 Å². The van der Waals surface area contributed by atoms with Gasteiger partial charge in [-0.05, 0) is 56.0 Å². The molecule has 1 atom stereocenters. The molecule has 1 aromatic heterocycles. The van der Waals surface area contributed by atoms with Gasteiger partial charge in [0.25, 0.3) is 0 Å². The fraction of sp³-hybridized carbons (Fsp3) is 0.304. The molecule has 0 spiro atoms. The van der Waals surface area contributed by atoms with Gasteiger partial charge >= 0.3 is 0 Å². The molecular weight excluding hydrogens is 382 g/mol. The molecule has 0 saturated heterocycles. The largest absolute Gasteiger partial charge is 0.349 e. The molecule has 1 unspecified atom stereocenters. The van der Waals surface area contributed by atoms with Crippen LogP contribution in [-0.4, -0.2) is 16.5 Å². The van der Waals surface area contributed by atoms with Gasteiger partial charge in [0.1, 0.15) is 5.82 Å². The van der Waals surface area contributed by atoms with Crippen LogP contribution in [0.4, 0.5) is 17.5 Å². The summed E-state index contributed by atoms with van der Waals surface area (Å²) in [5.74, 6) is 1.55. The predicted octanol–water partition coefficient (Wildman–Crippen LogP) is 5.07. The molecule has 0 amide bonds. The molecule has 0 saturated carbocycles. The molecular formula is C23H26ClN5. The minimum atomic E-state index is 0.189. The van der Waals surface area contributed by atoms with Crippen molar-refractivity contribution in [1.82, 2.24) is 9.97 Å². The van der Waals surface area contributed by atoms with Crippen LogP contribution in [0.2, 0.25) is 5.02 Å². The number of fused-ring (bicyclic) bond motifs is 1. The van der Waals surface area contributed by atoms with Gasteiger partial charge in [-0.2, -0.15) is 4.98 Å². The summed E-state index contributed by atoms with van der Waals surface area (Å²) in [6, 6.07) is 14.3. The standard InChI is InChI=1S/C23H26ClN5/c1-14-15(2)26-23(27-21-10-5-4-7-17(21)13-25)28-22(14)29-12-11-19-18(16(29)3)8-6-9-20(19)24/h4-10,16H,11-13,25H2,1-3H3,(H,26,27,28). The summed E-state index contributed by atoms with van der Waals surface area (Å²) < 4.78 is 0. The van der Waals surface area contributed by atoms with Crippen molar-refractivity contribution in [2.24, 2.45) is 5.73 Å². The zero-order valence-electron chi connectivity index (χ0n) is 17.0. The Bertz CT molecular complexity index is 1050. The zero-order chi connectivity index (χ0) is 20.5. The van der Waals surface area contributed by atoms with Gasteiger partial charge in [0.2, 0.25) is 5.95 Å². The maximum absolute atomic E-state index is 6.44. The Hall–Kier alpha value is -2.63. The number of rotatable bonds is 4. The first-order valence-corrected chi connectivity index (χ1v) is 10.3. The summed E-state index contributed by atoms with van der Waals surface area (Å²) in [5.41, 5.74) is 12.4. The molecule has 0 aliphatic carbocycles. The Kier molecular flexibility index (Phi) is 5.43. The Balaban J connectivity index is 1.71. The first-order valence-electron chi connectivity index (χ1n) is 9.93. The summed E-state index contributed by atoms with van der Waals surface area (Å²) in [5, 5.41) is 4.22. The van der Waals surface area contributed by atoms with Crippen molar-refractivity contribution in [2.75, 3.05) is 16.8 Å². The molecule has 2 heterocycles. The Morgan fingerprint density at radius 1 is 1.14 bits per heavy atom. The number of nitrogens with one attached hydrogen (secondary N) is 1. The number of nitrogens with two attached hydrogens (primary N) is 1. The van der Waals surface area contributed by atoms with Crippen molar-refractivity contribution in [3.8, 4) is 0 Å². The lowest BCUT2D eigenvalue weighted by Gasteiger charge is -2.37. The first-order chi connectivity index (χ1) is 14.0. The fourth-order valence-corrected chi connectivity index (χ4v) is 4.28. The number of hydrogen-bond acceptors (Lipinski definition) is 5. The SMILES string of the molecule is Cc1nc(Nc2ccccc2CN)nc(N2CCc3c(Cl)cccc3C2C)c1C. The van der Waals surface area contributed by atoms with Crippen LogP contribution in [0.1, 0.15) is 40.9 Å². The van der Waals surface area contributed by atoms with Gasteiger partial charge in [-0.15, -0.1) is 0 Å². The molecule has 5 nitrogen and oxygen atoms in total. The van der Waals surface area contributed by atoms with Gasteiger partial charge in [0.15, 0.2) is 0 Å². The first kappa shape index (κ1) is 19.7. The second-order valence-electron chi connectivity index (χ2n) is 7.49. The molecule has 3 N–H and O–H groups in total. The normalized spacial score (nSPS) is 15.9. The highest BCUT2D eigenvalue weighted by molar-refractivity contribution is 6.31. The van der Waals surface area contributed by atoms with E-state index in [4.69, 9.17) is 22.3 Å². The van der Waals surface area contributed by atoms with Crippen molar-refractivity contribution >= 4 is 29.1 Å². The maximum atomic E-state index is 6.44.